The van der Waals surface area contributed by atoms with Gasteiger partial charge in [0, 0.05) is 10.8 Å². The highest BCUT2D eigenvalue weighted by molar-refractivity contribution is 7.98. The van der Waals surface area contributed by atoms with Crippen LogP contribution in [0.2, 0.25) is 5.02 Å². The minimum Gasteiger partial charge on any atom is -0.301 e. The van der Waals surface area contributed by atoms with Crippen molar-refractivity contribution in [2.45, 2.75) is 17.1 Å². The smallest absolute Gasteiger partial charge is 0.301 e. The van der Waals surface area contributed by atoms with E-state index in [2.05, 4.69) is 9.97 Å². The molecule has 24 heavy (non-hydrogen) atoms. The van der Waals surface area contributed by atoms with Gasteiger partial charge in [-0.2, -0.15) is 13.2 Å². The number of H-pyrrole nitrogens is 1. The van der Waals surface area contributed by atoms with Crippen LogP contribution in [0, 0.1) is 0 Å². The molecule has 3 aromatic rings. The first kappa shape index (κ1) is 16.9. The van der Waals surface area contributed by atoms with E-state index in [1.165, 1.54) is 30.0 Å². The Morgan fingerprint density at radius 2 is 1.83 bits per heavy atom. The molecule has 1 heterocycles. The molecule has 0 unspecified atom stereocenters. The molecule has 0 fully saturated rings. The number of thioether (sulfide) groups is 1. The molecule has 0 spiro atoms. The first-order valence-electron chi connectivity index (χ1n) is 6.81. The van der Waals surface area contributed by atoms with Crippen LogP contribution < -0.4 is 5.56 Å². The van der Waals surface area contributed by atoms with E-state index in [1.54, 1.807) is 12.1 Å². The number of hydrogen-bond donors (Lipinski definition) is 1. The van der Waals surface area contributed by atoms with Crippen molar-refractivity contribution in [3.8, 4) is 0 Å². The lowest BCUT2D eigenvalue weighted by Crippen LogP contribution is -2.09. The number of nitrogens with zero attached hydrogens (tertiary/aromatic N) is 1. The molecular formula is C16H10ClF3N2OS. The minimum atomic E-state index is -4.35. The van der Waals surface area contributed by atoms with E-state index in [-0.39, 0.29) is 5.56 Å². The summed E-state index contributed by atoms with van der Waals surface area (Å²) in [6.07, 6.45) is -4.35. The number of benzene rings is 2. The number of nitrogens with one attached hydrogen (secondary N) is 1. The van der Waals surface area contributed by atoms with Gasteiger partial charge in [0.2, 0.25) is 0 Å². The fourth-order valence-electron chi connectivity index (χ4n) is 2.10. The van der Waals surface area contributed by atoms with Crippen LogP contribution in [0.15, 0.2) is 52.4 Å². The van der Waals surface area contributed by atoms with Crippen molar-refractivity contribution < 1.29 is 13.2 Å². The normalized spacial score (nSPS) is 11.8. The van der Waals surface area contributed by atoms with Crippen LogP contribution in [0.5, 0.6) is 0 Å². The maximum absolute atomic E-state index is 12.5. The molecule has 0 saturated carbocycles. The second-order valence-corrected chi connectivity index (χ2v) is 6.42. The standard InChI is InChI=1S/C16H10ClF3N2OS/c17-11-5-6-13-12(7-11)14(23)22-15(21-13)24-8-9-1-3-10(4-2-9)16(18,19)20/h1-7H,8H2,(H,21,22,23). The SMILES string of the molecule is O=c1[nH]c(SCc2ccc(C(F)(F)F)cc2)nc2ccc(Cl)cc12. The van der Waals surface area contributed by atoms with Gasteiger partial charge in [-0.25, -0.2) is 4.98 Å². The largest absolute Gasteiger partial charge is 0.416 e. The highest BCUT2D eigenvalue weighted by Crippen LogP contribution is 2.30. The van der Waals surface area contributed by atoms with Crippen LogP contribution in [0.25, 0.3) is 10.9 Å². The van der Waals surface area contributed by atoms with E-state index in [9.17, 15) is 18.0 Å². The molecule has 0 bridgehead atoms. The molecule has 2 aromatic carbocycles. The average molecular weight is 371 g/mol. The molecule has 0 saturated heterocycles. The minimum absolute atomic E-state index is 0.308. The summed E-state index contributed by atoms with van der Waals surface area (Å²) in [5.41, 5.74) is 0.215. The summed E-state index contributed by atoms with van der Waals surface area (Å²) >= 11 is 7.09. The lowest BCUT2D eigenvalue weighted by atomic mass is 10.1. The number of fused-ring (bicyclic) bond motifs is 1. The summed E-state index contributed by atoms with van der Waals surface area (Å²) in [4.78, 5) is 19.0. The first-order valence-corrected chi connectivity index (χ1v) is 8.18. The van der Waals surface area contributed by atoms with Crippen LogP contribution in [0.1, 0.15) is 11.1 Å². The van der Waals surface area contributed by atoms with Crippen LogP contribution >= 0.6 is 23.4 Å². The molecule has 8 heteroatoms. The predicted octanol–water partition coefficient (Wildman–Crippen LogP) is 4.89. The third kappa shape index (κ3) is 3.73. The maximum Gasteiger partial charge on any atom is 0.416 e. The summed E-state index contributed by atoms with van der Waals surface area (Å²) in [5.74, 6) is 0.389. The van der Waals surface area contributed by atoms with E-state index in [0.717, 1.165) is 12.1 Å². The molecule has 1 aromatic heterocycles. The van der Waals surface area contributed by atoms with Gasteiger partial charge in [0.25, 0.3) is 5.56 Å². The number of alkyl halides is 3. The number of hydrogen-bond acceptors (Lipinski definition) is 3. The number of rotatable bonds is 3. The fourth-order valence-corrected chi connectivity index (χ4v) is 3.10. The molecule has 0 radical (unpaired) electrons. The van der Waals surface area contributed by atoms with Gasteiger partial charge < -0.3 is 4.98 Å². The van der Waals surface area contributed by atoms with E-state index in [1.807, 2.05) is 0 Å². The van der Waals surface area contributed by atoms with Crippen LogP contribution in [-0.2, 0) is 11.9 Å². The van der Waals surface area contributed by atoms with Gasteiger partial charge in [0.1, 0.15) is 0 Å². The average Bonchev–Trinajstić information content (AvgIpc) is 2.53. The van der Waals surface area contributed by atoms with Crippen LogP contribution in [0.4, 0.5) is 13.2 Å². The van der Waals surface area contributed by atoms with E-state index < -0.39 is 11.7 Å². The van der Waals surface area contributed by atoms with Crippen LogP contribution in [-0.4, -0.2) is 9.97 Å². The van der Waals surface area contributed by atoms with Gasteiger partial charge in [-0.1, -0.05) is 35.5 Å². The van der Waals surface area contributed by atoms with Gasteiger partial charge >= 0.3 is 6.18 Å². The van der Waals surface area contributed by atoms with Gasteiger partial charge in [0.05, 0.1) is 16.5 Å². The Hall–Kier alpha value is -1.99. The Balaban J connectivity index is 1.78. The number of aromatic nitrogens is 2. The van der Waals surface area contributed by atoms with Crippen LogP contribution in [0.3, 0.4) is 0 Å². The Morgan fingerprint density at radius 1 is 1.12 bits per heavy atom. The van der Waals surface area contributed by atoms with Gasteiger partial charge in [-0.15, -0.1) is 0 Å². The lowest BCUT2D eigenvalue weighted by Gasteiger charge is -2.07. The predicted molar refractivity (Wildman–Crippen MR) is 88.4 cm³/mol. The number of aromatic amines is 1. The molecule has 1 N–H and O–H groups in total. The Bertz CT molecular complexity index is 939. The molecule has 3 rings (SSSR count). The molecule has 0 aliphatic heterocycles. The van der Waals surface area contributed by atoms with Gasteiger partial charge in [-0.05, 0) is 35.9 Å². The van der Waals surface area contributed by atoms with Crippen molar-refractivity contribution in [2.24, 2.45) is 0 Å². The summed E-state index contributed by atoms with van der Waals surface area (Å²) in [6.45, 7) is 0. The lowest BCUT2D eigenvalue weighted by molar-refractivity contribution is -0.137. The zero-order chi connectivity index (χ0) is 17.3. The van der Waals surface area contributed by atoms with E-state index >= 15 is 0 Å². The molecule has 0 aliphatic rings. The highest BCUT2D eigenvalue weighted by atomic mass is 35.5. The first-order chi connectivity index (χ1) is 11.3. The second kappa shape index (κ2) is 6.49. The topological polar surface area (TPSA) is 45.8 Å². The van der Waals surface area contributed by atoms with Crippen molar-refractivity contribution in [1.82, 2.24) is 9.97 Å². The molecule has 0 atom stereocenters. The van der Waals surface area contributed by atoms with Crippen molar-refractivity contribution >= 4 is 34.3 Å². The Kier molecular flexibility index (Phi) is 4.56. The molecular weight excluding hydrogens is 361 g/mol. The summed E-state index contributed by atoms with van der Waals surface area (Å²) in [7, 11) is 0. The van der Waals surface area contributed by atoms with Crippen molar-refractivity contribution in [3.63, 3.8) is 0 Å². The number of halogens is 4. The van der Waals surface area contributed by atoms with Gasteiger partial charge in [-0.3, -0.25) is 4.79 Å². The molecule has 3 nitrogen and oxygen atoms in total. The monoisotopic (exact) mass is 370 g/mol. The third-order valence-corrected chi connectivity index (χ3v) is 4.48. The summed E-state index contributed by atoms with van der Waals surface area (Å²) < 4.78 is 37.6. The van der Waals surface area contributed by atoms with E-state index in [0.29, 0.717) is 32.4 Å². The third-order valence-electron chi connectivity index (χ3n) is 3.30. The van der Waals surface area contributed by atoms with Crippen molar-refractivity contribution in [1.29, 1.82) is 0 Å². The second-order valence-electron chi connectivity index (χ2n) is 5.02. The molecule has 0 aliphatic carbocycles. The Labute approximate surface area is 143 Å². The van der Waals surface area contributed by atoms with Crippen molar-refractivity contribution in [2.75, 3.05) is 0 Å². The summed E-state index contributed by atoms with van der Waals surface area (Å²) in [5, 5.41) is 1.23. The van der Waals surface area contributed by atoms with E-state index in [4.69, 9.17) is 11.6 Å². The molecule has 124 valence electrons. The zero-order valence-electron chi connectivity index (χ0n) is 12.0. The quantitative estimate of drug-likeness (QED) is 0.527. The van der Waals surface area contributed by atoms with Gasteiger partial charge in [0.15, 0.2) is 5.16 Å². The highest BCUT2D eigenvalue weighted by Gasteiger charge is 2.29. The van der Waals surface area contributed by atoms with Crippen molar-refractivity contribution in [3.05, 3.63) is 69.0 Å². The summed E-state index contributed by atoms with van der Waals surface area (Å²) in [6, 6.07) is 9.72. The maximum atomic E-state index is 12.5. The fraction of sp³-hybridized carbons (Fsp3) is 0.125. The Morgan fingerprint density at radius 3 is 2.50 bits per heavy atom. The molecule has 0 amide bonds. The zero-order valence-corrected chi connectivity index (χ0v) is 13.6.